The van der Waals surface area contributed by atoms with Crippen molar-refractivity contribution in [3.63, 3.8) is 0 Å². The number of hydrogen-bond acceptors (Lipinski definition) is 1. The van der Waals surface area contributed by atoms with Gasteiger partial charge in [0.15, 0.2) is 0 Å². The second-order valence-corrected chi connectivity index (χ2v) is 5.42. The van der Waals surface area contributed by atoms with Gasteiger partial charge in [-0.15, -0.1) is 0 Å². The van der Waals surface area contributed by atoms with Crippen molar-refractivity contribution in [3.05, 3.63) is 34.3 Å². The normalized spacial score (nSPS) is 26.5. The van der Waals surface area contributed by atoms with Crippen molar-refractivity contribution < 1.29 is 5.11 Å². The van der Waals surface area contributed by atoms with Crippen LogP contribution in [0.25, 0.3) is 0 Å². The van der Waals surface area contributed by atoms with E-state index < -0.39 is 0 Å². The lowest BCUT2D eigenvalue weighted by Gasteiger charge is -2.25. The highest BCUT2D eigenvalue weighted by Crippen LogP contribution is 2.27. The Morgan fingerprint density at radius 3 is 2.27 bits per heavy atom. The number of benzene rings is 1. The van der Waals surface area contributed by atoms with Crippen LogP contribution in [0.2, 0.25) is 0 Å². The Morgan fingerprint density at radius 2 is 1.67 bits per heavy atom. The fraction of sp³-hybridized carbons (Fsp3) is 0.538. The average molecular weight is 269 g/mol. The molecule has 15 heavy (non-hydrogen) atoms. The Labute approximate surface area is 99.6 Å². The maximum Gasteiger partial charge on any atom is 0.0540 e. The van der Waals surface area contributed by atoms with Crippen LogP contribution >= 0.6 is 15.9 Å². The van der Waals surface area contributed by atoms with Crippen molar-refractivity contribution in [3.8, 4) is 0 Å². The predicted molar refractivity (Wildman–Crippen MR) is 65.8 cm³/mol. The molecule has 0 unspecified atom stereocenters. The minimum atomic E-state index is -0.0360. The van der Waals surface area contributed by atoms with Gasteiger partial charge in [0.05, 0.1) is 6.10 Å². The highest BCUT2D eigenvalue weighted by Gasteiger charge is 2.19. The van der Waals surface area contributed by atoms with Crippen LogP contribution in [0.4, 0.5) is 0 Å². The molecule has 0 bridgehead atoms. The number of halogens is 1. The summed E-state index contributed by atoms with van der Waals surface area (Å²) in [7, 11) is 0. The lowest BCUT2D eigenvalue weighted by molar-refractivity contribution is 0.109. The molecule has 0 aliphatic heterocycles. The lowest BCUT2D eigenvalue weighted by Crippen LogP contribution is -2.19. The van der Waals surface area contributed by atoms with Gasteiger partial charge in [-0.3, -0.25) is 0 Å². The molecule has 1 fully saturated rings. The van der Waals surface area contributed by atoms with E-state index in [0.29, 0.717) is 0 Å². The van der Waals surface area contributed by atoms with Crippen LogP contribution < -0.4 is 0 Å². The Bertz CT molecular complexity index is 299. The third kappa shape index (κ3) is 3.32. The molecule has 0 saturated heterocycles. The molecule has 0 spiro atoms. The SMILES string of the molecule is OC1CCC(Cc2ccc(Br)cc2)CC1. The third-order valence-corrected chi connectivity index (χ3v) is 3.78. The van der Waals surface area contributed by atoms with Crippen molar-refractivity contribution in [2.75, 3.05) is 0 Å². The van der Waals surface area contributed by atoms with Gasteiger partial charge < -0.3 is 5.11 Å². The van der Waals surface area contributed by atoms with Crippen molar-refractivity contribution in [1.82, 2.24) is 0 Å². The number of rotatable bonds is 2. The van der Waals surface area contributed by atoms with Crippen LogP contribution in [-0.4, -0.2) is 11.2 Å². The number of aliphatic hydroxyl groups is 1. The summed E-state index contributed by atoms with van der Waals surface area (Å²) >= 11 is 3.45. The summed E-state index contributed by atoms with van der Waals surface area (Å²) in [6.45, 7) is 0. The summed E-state index contributed by atoms with van der Waals surface area (Å²) in [6, 6.07) is 8.59. The highest BCUT2D eigenvalue weighted by molar-refractivity contribution is 9.10. The molecular formula is C13H17BrO. The molecule has 1 aliphatic carbocycles. The van der Waals surface area contributed by atoms with Crippen LogP contribution in [0.5, 0.6) is 0 Å². The molecule has 1 N–H and O–H groups in total. The molecule has 1 aliphatic rings. The Kier molecular flexibility index (Phi) is 3.81. The molecule has 1 aromatic carbocycles. The summed E-state index contributed by atoms with van der Waals surface area (Å²) in [5.74, 6) is 0.773. The van der Waals surface area contributed by atoms with Crippen molar-refractivity contribution >= 4 is 15.9 Å². The standard InChI is InChI=1S/C13H17BrO/c14-12-5-1-10(2-6-12)9-11-3-7-13(15)8-4-11/h1-2,5-6,11,13,15H,3-4,7-9H2. The largest absolute Gasteiger partial charge is 0.393 e. The molecule has 0 amide bonds. The van der Waals surface area contributed by atoms with Crippen LogP contribution in [0.3, 0.4) is 0 Å². The maximum absolute atomic E-state index is 9.42. The van der Waals surface area contributed by atoms with E-state index in [9.17, 15) is 5.11 Å². The van der Waals surface area contributed by atoms with Gasteiger partial charge in [-0.25, -0.2) is 0 Å². The molecule has 2 heteroatoms. The first-order valence-electron chi connectivity index (χ1n) is 5.66. The van der Waals surface area contributed by atoms with Crippen molar-refractivity contribution in [1.29, 1.82) is 0 Å². The van der Waals surface area contributed by atoms with Crippen molar-refractivity contribution in [2.24, 2.45) is 5.92 Å². The Morgan fingerprint density at radius 1 is 1.07 bits per heavy atom. The number of aliphatic hydroxyl groups excluding tert-OH is 1. The zero-order valence-electron chi connectivity index (χ0n) is 8.82. The maximum atomic E-state index is 9.42. The zero-order chi connectivity index (χ0) is 10.7. The van der Waals surface area contributed by atoms with Gasteiger partial charge in [0, 0.05) is 4.47 Å². The molecule has 1 nitrogen and oxygen atoms in total. The smallest absolute Gasteiger partial charge is 0.0540 e. The topological polar surface area (TPSA) is 20.2 Å². The van der Waals surface area contributed by atoms with Gasteiger partial charge in [0.2, 0.25) is 0 Å². The van der Waals surface area contributed by atoms with Gasteiger partial charge >= 0.3 is 0 Å². The molecule has 0 radical (unpaired) electrons. The molecule has 2 rings (SSSR count). The lowest BCUT2D eigenvalue weighted by atomic mass is 9.83. The molecule has 1 aromatic rings. The average Bonchev–Trinajstić information content (AvgIpc) is 2.25. The van der Waals surface area contributed by atoms with E-state index in [-0.39, 0.29) is 6.10 Å². The summed E-state index contributed by atoms with van der Waals surface area (Å²) in [5, 5.41) is 9.42. The van der Waals surface area contributed by atoms with Crippen LogP contribution in [-0.2, 0) is 6.42 Å². The Hall–Kier alpha value is -0.340. The second kappa shape index (κ2) is 5.13. The summed E-state index contributed by atoms with van der Waals surface area (Å²) in [4.78, 5) is 0. The van der Waals surface area contributed by atoms with Gasteiger partial charge in [-0.2, -0.15) is 0 Å². The van der Waals surface area contributed by atoms with E-state index >= 15 is 0 Å². The van der Waals surface area contributed by atoms with E-state index in [0.717, 1.165) is 23.2 Å². The van der Waals surface area contributed by atoms with Gasteiger partial charge in [-0.1, -0.05) is 28.1 Å². The predicted octanol–water partition coefficient (Wildman–Crippen LogP) is 3.54. The van der Waals surface area contributed by atoms with Gasteiger partial charge in [0.25, 0.3) is 0 Å². The third-order valence-electron chi connectivity index (χ3n) is 3.25. The fourth-order valence-electron chi connectivity index (χ4n) is 2.30. The fourth-order valence-corrected chi connectivity index (χ4v) is 2.57. The minimum absolute atomic E-state index is 0.0360. The van der Waals surface area contributed by atoms with E-state index in [1.54, 1.807) is 0 Å². The van der Waals surface area contributed by atoms with E-state index in [1.165, 1.54) is 24.8 Å². The van der Waals surface area contributed by atoms with Crippen molar-refractivity contribution in [2.45, 2.75) is 38.2 Å². The zero-order valence-corrected chi connectivity index (χ0v) is 10.4. The molecule has 82 valence electrons. The summed E-state index contributed by atoms with van der Waals surface area (Å²) in [6.07, 6.45) is 5.46. The van der Waals surface area contributed by atoms with Crippen LogP contribution in [0.15, 0.2) is 28.7 Å². The quantitative estimate of drug-likeness (QED) is 0.870. The number of hydrogen-bond donors (Lipinski definition) is 1. The molecule has 0 aromatic heterocycles. The molecule has 1 saturated carbocycles. The Balaban J connectivity index is 1.89. The second-order valence-electron chi connectivity index (χ2n) is 4.51. The molecule has 0 heterocycles. The first-order valence-corrected chi connectivity index (χ1v) is 6.46. The van der Waals surface area contributed by atoms with E-state index in [4.69, 9.17) is 0 Å². The molecule has 0 atom stereocenters. The summed E-state index contributed by atoms with van der Waals surface area (Å²) < 4.78 is 1.14. The van der Waals surface area contributed by atoms with Crippen LogP contribution in [0, 0.1) is 5.92 Å². The minimum Gasteiger partial charge on any atom is -0.393 e. The first kappa shape index (κ1) is 11.2. The monoisotopic (exact) mass is 268 g/mol. The highest BCUT2D eigenvalue weighted by atomic mass is 79.9. The van der Waals surface area contributed by atoms with E-state index in [2.05, 4.69) is 40.2 Å². The van der Waals surface area contributed by atoms with Crippen LogP contribution in [0.1, 0.15) is 31.2 Å². The van der Waals surface area contributed by atoms with E-state index in [1.807, 2.05) is 0 Å². The van der Waals surface area contributed by atoms with Gasteiger partial charge in [-0.05, 0) is 55.7 Å². The summed E-state index contributed by atoms with van der Waals surface area (Å²) in [5.41, 5.74) is 1.42. The molecular weight excluding hydrogens is 252 g/mol. The first-order chi connectivity index (χ1) is 7.24. The van der Waals surface area contributed by atoms with Gasteiger partial charge in [0.1, 0.15) is 0 Å².